The van der Waals surface area contributed by atoms with Crippen molar-refractivity contribution in [1.29, 1.82) is 0 Å². The molecule has 1 amide bonds. The van der Waals surface area contributed by atoms with Crippen molar-refractivity contribution in [2.75, 3.05) is 11.4 Å². The molecule has 0 saturated carbocycles. The van der Waals surface area contributed by atoms with Crippen LogP contribution in [0, 0.1) is 0 Å². The number of Topliss-reactive ketones (excluding diaryl/α,β-unsaturated/α-hetero) is 1. The third kappa shape index (κ3) is 1.31. The first-order valence-corrected chi connectivity index (χ1v) is 6.65. The van der Waals surface area contributed by atoms with E-state index >= 15 is 0 Å². The number of carbonyl (C=O) groups excluding carboxylic acids is 2. The highest BCUT2D eigenvalue weighted by molar-refractivity contribution is 6.52. The second kappa shape index (κ2) is 3.82. The summed E-state index contributed by atoms with van der Waals surface area (Å²) in [5.74, 6) is -0.497. The molecule has 1 aromatic carbocycles. The second-order valence-corrected chi connectivity index (χ2v) is 5.50. The van der Waals surface area contributed by atoms with Crippen molar-refractivity contribution in [2.24, 2.45) is 0 Å². The number of benzene rings is 1. The SMILES string of the molecule is CCC1(Cl)C(=O)c2cccc3c2N(CCC3)C1=O. The summed E-state index contributed by atoms with van der Waals surface area (Å²) in [7, 11) is 0. The van der Waals surface area contributed by atoms with Crippen molar-refractivity contribution >= 4 is 29.0 Å². The maximum absolute atomic E-state index is 12.4. The summed E-state index contributed by atoms with van der Waals surface area (Å²) in [5.41, 5.74) is 2.47. The number of nitrogens with zero attached hydrogens (tertiary/aromatic N) is 1. The van der Waals surface area contributed by atoms with Gasteiger partial charge in [0.1, 0.15) is 0 Å². The molecular weight excluding hydrogens is 250 g/mol. The van der Waals surface area contributed by atoms with E-state index in [9.17, 15) is 9.59 Å². The molecule has 3 nitrogen and oxygen atoms in total. The summed E-state index contributed by atoms with van der Waals surface area (Å²) < 4.78 is 0. The lowest BCUT2D eigenvalue weighted by atomic mass is 9.83. The van der Waals surface area contributed by atoms with Crippen LogP contribution in [0.3, 0.4) is 0 Å². The average molecular weight is 264 g/mol. The molecule has 0 saturated heterocycles. The van der Waals surface area contributed by atoms with Gasteiger partial charge in [-0.2, -0.15) is 0 Å². The molecule has 0 bridgehead atoms. The van der Waals surface area contributed by atoms with Gasteiger partial charge in [-0.15, -0.1) is 0 Å². The van der Waals surface area contributed by atoms with E-state index in [0.717, 1.165) is 24.1 Å². The van der Waals surface area contributed by atoms with E-state index in [-0.39, 0.29) is 11.7 Å². The van der Waals surface area contributed by atoms with Gasteiger partial charge in [-0.1, -0.05) is 30.7 Å². The minimum absolute atomic E-state index is 0.244. The summed E-state index contributed by atoms with van der Waals surface area (Å²) >= 11 is 6.30. The van der Waals surface area contributed by atoms with Crippen LogP contribution in [-0.4, -0.2) is 23.1 Å². The van der Waals surface area contributed by atoms with Crippen LogP contribution in [0.5, 0.6) is 0 Å². The lowest BCUT2D eigenvalue weighted by Gasteiger charge is -2.40. The molecule has 2 aliphatic rings. The highest BCUT2D eigenvalue weighted by Gasteiger charge is 2.51. The first-order valence-electron chi connectivity index (χ1n) is 6.27. The van der Waals surface area contributed by atoms with Gasteiger partial charge in [-0.3, -0.25) is 9.59 Å². The molecule has 2 aliphatic heterocycles. The Labute approximate surface area is 111 Å². The zero-order valence-electron chi connectivity index (χ0n) is 10.2. The van der Waals surface area contributed by atoms with E-state index < -0.39 is 4.87 Å². The van der Waals surface area contributed by atoms with Crippen molar-refractivity contribution in [1.82, 2.24) is 0 Å². The Morgan fingerprint density at radius 3 is 2.89 bits per heavy atom. The number of amides is 1. The lowest BCUT2D eigenvalue weighted by Crippen LogP contribution is -2.56. The van der Waals surface area contributed by atoms with E-state index in [1.54, 1.807) is 17.9 Å². The normalized spacial score (nSPS) is 26.2. The van der Waals surface area contributed by atoms with E-state index in [2.05, 4.69) is 0 Å². The summed E-state index contributed by atoms with van der Waals surface area (Å²) in [5, 5.41) is 0. The van der Waals surface area contributed by atoms with Crippen LogP contribution in [0.2, 0.25) is 0 Å². The zero-order chi connectivity index (χ0) is 12.9. The Balaban J connectivity index is 2.28. The number of anilines is 1. The first-order chi connectivity index (χ1) is 8.59. The Morgan fingerprint density at radius 1 is 1.39 bits per heavy atom. The van der Waals surface area contributed by atoms with Crippen molar-refractivity contribution < 1.29 is 9.59 Å². The number of ketones is 1. The Morgan fingerprint density at radius 2 is 2.17 bits per heavy atom. The van der Waals surface area contributed by atoms with E-state index in [0.29, 0.717) is 18.5 Å². The summed E-state index contributed by atoms with van der Waals surface area (Å²) in [4.78, 5) is 25.2. The van der Waals surface area contributed by atoms with Gasteiger partial charge in [0.05, 0.1) is 5.69 Å². The van der Waals surface area contributed by atoms with Crippen molar-refractivity contribution in [2.45, 2.75) is 31.1 Å². The van der Waals surface area contributed by atoms with E-state index in [4.69, 9.17) is 11.6 Å². The van der Waals surface area contributed by atoms with Crippen LogP contribution >= 0.6 is 11.6 Å². The van der Waals surface area contributed by atoms with Crippen molar-refractivity contribution in [3.8, 4) is 0 Å². The van der Waals surface area contributed by atoms with Gasteiger partial charge in [-0.05, 0) is 30.9 Å². The van der Waals surface area contributed by atoms with E-state index in [1.807, 2.05) is 12.1 Å². The van der Waals surface area contributed by atoms with Gasteiger partial charge in [0.15, 0.2) is 10.7 Å². The highest BCUT2D eigenvalue weighted by Crippen LogP contribution is 2.42. The molecule has 1 unspecified atom stereocenters. The molecule has 0 radical (unpaired) electrons. The molecule has 2 heterocycles. The molecule has 94 valence electrons. The van der Waals surface area contributed by atoms with Crippen molar-refractivity contribution in [3.63, 3.8) is 0 Å². The Kier molecular flexibility index (Phi) is 2.49. The van der Waals surface area contributed by atoms with Crippen LogP contribution < -0.4 is 4.90 Å². The summed E-state index contributed by atoms with van der Waals surface area (Å²) in [6.45, 7) is 2.44. The fourth-order valence-corrected chi connectivity index (χ4v) is 3.08. The predicted octanol–water partition coefficient (Wildman–Crippen LogP) is 2.55. The first kappa shape index (κ1) is 11.7. The molecule has 0 N–H and O–H groups in total. The number of hydrogen-bond acceptors (Lipinski definition) is 2. The molecule has 0 fully saturated rings. The summed E-state index contributed by atoms with van der Waals surface area (Å²) in [6, 6.07) is 5.63. The lowest BCUT2D eigenvalue weighted by molar-refractivity contribution is -0.120. The number of hydrogen-bond donors (Lipinski definition) is 0. The molecule has 0 aromatic heterocycles. The molecule has 1 aromatic rings. The third-order valence-corrected chi connectivity index (χ3v) is 4.49. The minimum Gasteiger partial charge on any atom is -0.309 e. The smallest absolute Gasteiger partial charge is 0.256 e. The monoisotopic (exact) mass is 263 g/mol. The van der Waals surface area contributed by atoms with Gasteiger partial charge in [-0.25, -0.2) is 0 Å². The number of carbonyl (C=O) groups is 2. The molecule has 1 atom stereocenters. The minimum atomic E-state index is -1.40. The van der Waals surface area contributed by atoms with Crippen LogP contribution in [0.1, 0.15) is 35.7 Å². The number of aryl methyl sites for hydroxylation is 1. The Bertz CT molecular complexity index is 555. The fraction of sp³-hybridized carbons (Fsp3) is 0.429. The van der Waals surface area contributed by atoms with Gasteiger partial charge in [0, 0.05) is 12.1 Å². The topological polar surface area (TPSA) is 37.4 Å². The maximum Gasteiger partial charge on any atom is 0.256 e. The van der Waals surface area contributed by atoms with E-state index in [1.165, 1.54) is 0 Å². The van der Waals surface area contributed by atoms with Crippen LogP contribution in [0.15, 0.2) is 18.2 Å². The number of rotatable bonds is 1. The standard InChI is InChI=1S/C14H14ClNO2/c1-2-14(15)12(17)10-7-3-5-9-6-4-8-16(11(9)10)13(14)18/h3,5,7H,2,4,6,8H2,1H3. The number of para-hydroxylation sites is 1. The van der Waals surface area contributed by atoms with Gasteiger partial charge >= 0.3 is 0 Å². The average Bonchev–Trinajstić information content (AvgIpc) is 2.42. The largest absolute Gasteiger partial charge is 0.309 e. The molecule has 0 spiro atoms. The van der Waals surface area contributed by atoms with Crippen LogP contribution in [-0.2, 0) is 11.2 Å². The number of alkyl halides is 1. The highest BCUT2D eigenvalue weighted by atomic mass is 35.5. The van der Waals surface area contributed by atoms with Crippen LogP contribution in [0.4, 0.5) is 5.69 Å². The van der Waals surface area contributed by atoms with Crippen molar-refractivity contribution in [3.05, 3.63) is 29.3 Å². The van der Waals surface area contributed by atoms with Gasteiger partial charge in [0.2, 0.25) is 0 Å². The predicted molar refractivity (Wildman–Crippen MR) is 70.3 cm³/mol. The Hall–Kier alpha value is -1.35. The fourth-order valence-electron chi connectivity index (χ4n) is 2.87. The van der Waals surface area contributed by atoms with Crippen LogP contribution in [0.25, 0.3) is 0 Å². The van der Waals surface area contributed by atoms with Gasteiger partial charge < -0.3 is 4.90 Å². The molecular formula is C14H14ClNO2. The third-order valence-electron chi connectivity index (χ3n) is 3.89. The number of halogens is 1. The molecule has 3 rings (SSSR count). The second-order valence-electron chi connectivity index (χ2n) is 4.86. The molecule has 0 aliphatic carbocycles. The van der Waals surface area contributed by atoms with Gasteiger partial charge in [0.25, 0.3) is 5.91 Å². The molecule has 4 heteroatoms. The quantitative estimate of drug-likeness (QED) is 0.577. The summed E-state index contributed by atoms with van der Waals surface area (Å²) in [6.07, 6.45) is 2.17. The zero-order valence-corrected chi connectivity index (χ0v) is 11.0. The maximum atomic E-state index is 12.4. The molecule has 18 heavy (non-hydrogen) atoms.